The molecule has 3 aromatic rings. The van der Waals surface area contributed by atoms with Crippen LogP contribution in [0.2, 0.25) is 0 Å². The van der Waals surface area contributed by atoms with Crippen LogP contribution in [-0.2, 0) is 11.3 Å². The van der Waals surface area contributed by atoms with Crippen LogP contribution in [0.1, 0.15) is 0 Å². The van der Waals surface area contributed by atoms with Gasteiger partial charge >= 0.3 is 0 Å². The predicted molar refractivity (Wildman–Crippen MR) is 94.8 cm³/mol. The van der Waals surface area contributed by atoms with Gasteiger partial charge in [0.25, 0.3) is 11.5 Å². The van der Waals surface area contributed by atoms with Crippen LogP contribution in [0, 0.1) is 0 Å². The van der Waals surface area contributed by atoms with E-state index in [-0.39, 0.29) is 13.2 Å². The molecule has 26 heavy (non-hydrogen) atoms. The first-order valence-corrected chi connectivity index (χ1v) is 7.86. The molecule has 0 saturated carbocycles. The van der Waals surface area contributed by atoms with Gasteiger partial charge in [0, 0.05) is 23.8 Å². The number of pyridine rings is 2. The molecule has 8 nitrogen and oxygen atoms in total. The highest BCUT2D eigenvalue weighted by atomic mass is 16.5. The molecular formula is C18H17N3O5. The normalized spacial score (nSPS) is 10.9. The standard InChI is InChI=1S/C18H17N3O5/c22-16(20-12-6-7-17(23)21(9-12)10-18(24)25)11-26-15-5-1-4-14-13(15)3-2-8-19-14/h1-9,18,24-25H,10-11H2,(H,20,22). The van der Waals surface area contributed by atoms with Crippen molar-refractivity contribution in [2.24, 2.45) is 0 Å². The molecule has 0 spiro atoms. The van der Waals surface area contributed by atoms with Crippen LogP contribution in [-0.4, -0.2) is 38.6 Å². The van der Waals surface area contributed by atoms with Crippen molar-refractivity contribution in [2.75, 3.05) is 11.9 Å². The molecule has 0 bridgehead atoms. The van der Waals surface area contributed by atoms with Crippen molar-refractivity contribution in [2.45, 2.75) is 12.8 Å². The number of aliphatic hydroxyl groups excluding tert-OH is 1. The molecule has 2 aromatic heterocycles. The van der Waals surface area contributed by atoms with Gasteiger partial charge in [-0.15, -0.1) is 0 Å². The van der Waals surface area contributed by atoms with Crippen LogP contribution in [0.15, 0.2) is 59.7 Å². The topological polar surface area (TPSA) is 114 Å². The first-order chi connectivity index (χ1) is 12.5. The highest BCUT2D eigenvalue weighted by Crippen LogP contribution is 2.23. The van der Waals surface area contributed by atoms with Gasteiger partial charge in [0.1, 0.15) is 5.75 Å². The summed E-state index contributed by atoms with van der Waals surface area (Å²) in [7, 11) is 0. The monoisotopic (exact) mass is 355 g/mol. The SMILES string of the molecule is O=C(COc1cccc2ncccc12)Nc1ccc(=O)n(CC(O)O)c1. The minimum atomic E-state index is -1.66. The Hall–Kier alpha value is -3.23. The lowest BCUT2D eigenvalue weighted by Crippen LogP contribution is -2.27. The number of fused-ring (bicyclic) bond motifs is 1. The van der Waals surface area contributed by atoms with Crippen molar-refractivity contribution in [3.8, 4) is 5.75 Å². The van der Waals surface area contributed by atoms with E-state index in [0.29, 0.717) is 11.4 Å². The van der Waals surface area contributed by atoms with E-state index in [1.165, 1.54) is 18.3 Å². The summed E-state index contributed by atoms with van der Waals surface area (Å²) in [6.45, 7) is -0.516. The highest BCUT2D eigenvalue weighted by Gasteiger charge is 2.08. The second-order valence-corrected chi connectivity index (χ2v) is 5.55. The number of amides is 1. The Labute approximate surface area is 148 Å². The predicted octanol–water partition coefficient (Wildman–Crippen LogP) is 0.725. The number of nitrogens with one attached hydrogen (secondary N) is 1. The number of hydrogen-bond donors (Lipinski definition) is 3. The summed E-state index contributed by atoms with van der Waals surface area (Å²) < 4.78 is 6.67. The quantitative estimate of drug-likeness (QED) is 0.562. The third kappa shape index (κ3) is 4.24. The Morgan fingerprint density at radius 3 is 2.85 bits per heavy atom. The molecule has 3 rings (SSSR count). The van der Waals surface area contributed by atoms with Gasteiger partial charge in [0.05, 0.1) is 17.7 Å². The molecule has 0 radical (unpaired) electrons. The minimum Gasteiger partial charge on any atom is -0.483 e. The molecule has 2 heterocycles. The first kappa shape index (κ1) is 17.6. The molecule has 1 aromatic carbocycles. The van der Waals surface area contributed by atoms with Crippen molar-refractivity contribution >= 4 is 22.5 Å². The van der Waals surface area contributed by atoms with Gasteiger partial charge in [-0.2, -0.15) is 0 Å². The van der Waals surface area contributed by atoms with Crippen molar-refractivity contribution in [1.82, 2.24) is 9.55 Å². The Balaban J connectivity index is 1.67. The van der Waals surface area contributed by atoms with Gasteiger partial charge in [-0.3, -0.25) is 14.6 Å². The summed E-state index contributed by atoms with van der Waals surface area (Å²) >= 11 is 0. The zero-order valence-corrected chi connectivity index (χ0v) is 13.7. The maximum absolute atomic E-state index is 12.1. The Morgan fingerprint density at radius 2 is 2.04 bits per heavy atom. The van der Waals surface area contributed by atoms with Crippen LogP contribution < -0.4 is 15.6 Å². The van der Waals surface area contributed by atoms with Crippen molar-refractivity contribution < 1.29 is 19.7 Å². The lowest BCUT2D eigenvalue weighted by atomic mass is 10.2. The number of aromatic nitrogens is 2. The van der Waals surface area contributed by atoms with Crippen molar-refractivity contribution in [1.29, 1.82) is 0 Å². The van der Waals surface area contributed by atoms with Gasteiger partial charge in [0.15, 0.2) is 12.9 Å². The molecule has 0 fully saturated rings. The minimum absolute atomic E-state index is 0.226. The fourth-order valence-corrected chi connectivity index (χ4v) is 2.47. The Bertz CT molecular complexity index is 978. The molecule has 134 valence electrons. The van der Waals surface area contributed by atoms with Crippen LogP contribution in [0.3, 0.4) is 0 Å². The van der Waals surface area contributed by atoms with Gasteiger partial charge in [-0.25, -0.2) is 0 Å². The van der Waals surface area contributed by atoms with Crippen LogP contribution in [0.4, 0.5) is 5.69 Å². The van der Waals surface area contributed by atoms with E-state index in [0.717, 1.165) is 15.5 Å². The van der Waals surface area contributed by atoms with Crippen LogP contribution in [0.5, 0.6) is 5.75 Å². The summed E-state index contributed by atoms with van der Waals surface area (Å²) in [6, 6.07) is 11.7. The van der Waals surface area contributed by atoms with Crippen LogP contribution >= 0.6 is 0 Å². The maximum atomic E-state index is 12.1. The first-order valence-electron chi connectivity index (χ1n) is 7.86. The summed E-state index contributed by atoms with van der Waals surface area (Å²) in [5, 5.41) is 21.4. The summed E-state index contributed by atoms with van der Waals surface area (Å²) in [5.41, 5.74) is 0.703. The second kappa shape index (κ2) is 7.77. The zero-order valence-electron chi connectivity index (χ0n) is 13.7. The highest BCUT2D eigenvalue weighted by molar-refractivity contribution is 5.92. The average Bonchev–Trinajstić information content (AvgIpc) is 2.62. The number of hydrogen-bond acceptors (Lipinski definition) is 6. The van der Waals surface area contributed by atoms with Gasteiger partial charge in [-0.1, -0.05) is 6.07 Å². The number of nitrogens with zero attached hydrogens (tertiary/aromatic N) is 2. The van der Waals surface area contributed by atoms with Crippen molar-refractivity contribution in [3.63, 3.8) is 0 Å². The Kier molecular flexibility index (Phi) is 5.26. The lowest BCUT2D eigenvalue weighted by Gasteiger charge is -2.11. The Morgan fingerprint density at radius 1 is 1.19 bits per heavy atom. The molecule has 0 saturated heterocycles. The fourth-order valence-electron chi connectivity index (χ4n) is 2.47. The van der Waals surface area contributed by atoms with E-state index >= 15 is 0 Å². The molecule has 0 aliphatic heterocycles. The number of ether oxygens (including phenoxy) is 1. The molecule has 3 N–H and O–H groups in total. The van der Waals surface area contributed by atoms with Gasteiger partial charge < -0.3 is 24.8 Å². The van der Waals surface area contributed by atoms with E-state index in [1.807, 2.05) is 12.1 Å². The smallest absolute Gasteiger partial charge is 0.262 e. The average molecular weight is 355 g/mol. The van der Waals surface area contributed by atoms with E-state index in [4.69, 9.17) is 14.9 Å². The lowest BCUT2D eigenvalue weighted by molar-refractivity contribution is -0.118. The molecule has 0 aliphatic rings. The van der Waals surface area contributed by atoms with E-state index in [2.05, 4.69) is 10.3 Å². The van der Waals surface area contributed by atoms with Gasteiger partial charge in [-0.05, 0) is 30.3 Å². The number of aliphatic hydroxyl groups is 2. The van der Waals surface area contributed by atoms with Crippen molar-refractivity contribution in [3.05, 3.63) is 65.2 Å². The second-order valence-electron chi connectivity index (χ2n) is 5.55. The fraction of sp³-hybridized carbons (Fsp3) is 0.167. The zero-order chi connectivity index (χ0) is 18.5. The number of anilines is 1. The summed E-state index contributed by atoms with van der Waals surface area (Å²) in [4.78, 5) is 28.0. The van der Waals surface area contributed by atoms with Crippen LogP contribution in [0.25, 0.3) is 10.9 Å². The summed E-state index contributed by atoms with van der Waals surface area (Å²) in [6.07, 6.45) is 1.35. The number of rotatable bonds is 6. The van der Waals surface area contributed by atoms with E-state index in [9.17, 15) is 9.59 Å². The van der Waals surface area contributed by atoms with E-state index in [1.54, 1.807) is 24.4 Å². The third-order valence-corrected chi connectivity index (χ3v) is 3.59. The molecular weight excluding hydrogens is 338 g/mol. The maximum Gasteiger partial charge on any atom is 0.262 e. The molecule has 0 aliphatic carbocycles. The number of carbonyl (C=O) groups is 1. The molecule has 0 unspecified atom stereocenters. The molecule has 8 heteroatoms. The molecule has 0 atom stereocenters. The van der Waals surface area contributed by atoms with Gasteiger partial charge in [0.2, 0.25) is 0 Å². The summed E-state index contributed by atoms with van der Waals surface area (Å²) in [5.74, 6) is 0.125. The third-order valence-electron chi connectivity index (χ3n) is 3.59. The van der Waals surface area contributed by atoms with E-state index < -0.39 is 17.8 Å². The largest absolute Gasteiger partial charge is 0.483 e. The molecule has 1 amide bonds. The number of benzene rings is 1. The number of carbonyl (C=O) groups excluding carboxylic acids is 1.